The summed E-state index contributed by atoms with van der Waals surface area (Å²) in [5.74, 6) is 0.175. The normalized spacial score (nSPS) is 16.0. The quantitative estimate of drug-likeness (QED) is 0.390. The number of pyridine rings is 1. The molecule has 1 atom stereocenters. The van der Waals surface area contributed by atoms with Gasteiger partial charge in [0.2, 0.25) is 5.91 Å². The maximum absolute atomic E-state index is 14.9. The van der Waals surface area contributed by atoms with Crippen molar-refractivity contribution in [3.8, 4) is 22.8 Å². The lowest BCUT2D eigenvalue weighted by molar-refractivity contribution is -0.127. The van der Waals surface area contributed by atoms with Crippen LogP contribution >= 0.6 is 0 Å². The number of rotatable bonds is 5. The Morgan fingerprint density at radius 2 is 2.03 bits per heavy atom. The van der Waals surface area contributed by atoms with Gasteiger partial charge in [0, 0.05) is 36.4 Å². The van der Waals surface area contributed by atoms with E-state index in [0.717, 1.165) is 23.7 Å². The number of nitrogens with zero attached hydrogens (tertiary/aromatic N) is 4. The van der Waals surface area contributed by atoms with E-state index in [-0.39, 0.29) is 17.7 Å². The fourth-order valence-electron chi connectivity index (χ4n) is 4.31. The molecule has 5 rings (SSSR count). The molecule has 33 heavy (non-hydrogen) atoms. The van der Waals surface area contributed by atoms with Gasteiger partial charge in [-0.05, 0) is 55.3 Å². The van der Waals surface area contributed by atoms with Crippen molar-refractivity contribution in [3.05, 3.63) is 85.5 Å². The van der Waals surface area contributed by atoms with Crippen molar-refractivity contribution in [1.82, 2.24) is 19.7 Å². The molecular weight excluding hydrogens is 419 g/mol. The van der Waals surface area contributed by atoms with Crippen molar-refractivity contribution >= 4 is 16.8 Å². The molecule has 0 N–H and O–H groups in total. The molecule has 0 unspecified atom stereocenters. The van der Waals surface area contributed by atoms with Crippen molar-refractivity contribution in [2.24, 2.45) is 0 Å². The zero-order chi connectivity index (χ0) is 22.8. The molecule has 0 spiro atoms. The number of piperidine rings is 1. The molecule has 2 aromatic carbocycles. The first-order valence-corrected chi connectivity index (χ1v) is 10.9. The number of hydrogen-bond donors (Lipinski definition) is 0. The van der Waals surface area contributed by atoms with Gasteiger partial charge in [-0.2, -0.15) is 5.10 Å². The number of para-hydroxylation sites is 1. The SMILES string of the molecule is C=CC(=O)N1CCC[C@@H](n2nc(-c3ccc(Oc4ccccc4)c(F)c3)c3cnccc32)C1. The number of halogens is 1. The van der Waals surface area contributed by atoms with Crippen molar-refractivity contribution in [2.45, 2.75) is 18.9 Å². The van der Waals surface area contributed by atoms with E-state index in [4.69, 9.17) is 9.84 Å². The number of likely N-dealkylation sites (tertiary alicyclic amines) is 1. The Morgan fingerprint density at radius 3 is 2.82 bits per heavy atom. The molecule has 166 valence electrons. The number of hydrogen-bond acceptors (Lipinski definition) is 4. The van der Waals surface area contributed by atoms with Crippen molar-refractivity contribution in [1.29, 1.82) is 0 Å². The van der Waals surface area contributed by atoms with Crippen LogP contribution in [0.4, 0.5) is 4.39 Å². The third-order valence-corrected chi connectivity index (χ3v) is 5.91. The van der Waals surface area contributed by atoms with Crippen molar-refractivity contribution in [3.63, 3.8) is 0 Å². The number of carbonyl (C=O) groups excluding carboxylic acids is 1. The van der Waals surface area contributed by atoms with E-state index in [1.54, 1.807) is 41.6 Å². The third-order valence-electron chi connectivity index (χ3n) is 5.91. The average Bonchev–Trinajstić information content (AvgIpc) is 3.25. The van der Waals surface area contributed by atoms with Crippen LogP contribution in [0.1, 0.15) is 18.9 Å². The summed E-state index contributed by atoms with van der Waals surface area (Å²) in [6.07, 6.45) is 6.59. The summed E-state index contributed by atoms with van der Waals surface area (Å²) in [7, 11) is 0. The highest BCUT2D eigenvalue weighted by Crippen LogP contribution is 2.34. The molecule has 0 radical (unpaired) electrons. The summed E-state index contributed by atoms with van der Waals surface area (Å²) in [5.41, 5.74) is 2.19. The van der Waals surface area contributed by atoms with Gasteiger partial charge in [-0.15, -0.1) is 0 Å². The van der Waals surface area contributed by atoms with E-state index in [1.807, 2.05) is 28.9 Å². The van der Waals surface area contributed by atoms with Gasteiger partial charge in [-0.25, -0.2) is 4.39 Å². The summed E-state index contributed by atoms with van der Waals surface area (Å²) in [4.78, 5) is 18.2. The molecule has 2 aromatic heterocycles. The van der Waals surface area contributed by atoms with Crippen LogP contribution in [0.3, 0.4) is 0 Å². The lowest BCUT2D eigenvalue weighted by atomic mass is 10.1. The van der Waals surface area contributed by atoms with Crippen molar-refractivity contribution in [2.75, 3.05) is 13.1 Å². The first-order chi connectivity index (χ1) is 16.1. The highest BCUT2D eigenvalue weighted by molar-refractivity contribution is 5.93. The zero-order valence-corrected chi connectivity index (χ0v) is 18.0. The standard InChI is InChI=1S/C26H23FN4O2/c1-2-25(32)30-14-6-7-19(17-30)31-23-12-13-28-16-21(23)26(29-31)18-10-11-24(22(27)15-18)33-20-8-4-3-5-9-20/h2-5,8-13,15-16,19H,1,6-7,14,17H2/t19-/m1/s1. The Kier molecular flexibility index (Phi) is 5.60. The van der Waals surface area contributed by atoms with Crippen LogP contribution in [0.15, 0.2) is 79.6 Å². The Balaban J connectivity index is 1.50. The minimum absolute atomic E-state index is 0.0202. The molecule has 1 saturated heterocycles. The van der Waals surface area contributed by atoms with Crippen LogP contribution in [-0.4, -0.2) is 38.7 Å². The maximum atomic E-state index is 14.9. The highest BCUT2D eigenvalue weighted by Gasteiger charge is 2.26. The summed E-state index contributed by atoms with van der Waals surface area (Å²) < 4.78 is 22.6. The minimum atomic E-state index is -0.469. The zero-order valence-electron chi connectivity index (χ0n) is 18.0. The summed E-state index contributed by atoms with van der Waals surface area (Å²) in [6, 6.07) is 15.9. The van der Waals surface area contributed by atoms with E-state index >= 15 is 0 Å². The maximum Gasteiger partial charge on any atom is 0.246 e. The number of fused-ring (bicyclic) bond motifs is 1. The molecule has 1 amide bonds. The van der Waals surface area contributed by atoms with Gasteiger partial charge < -0.3 is 9.64 Å². The van der Waals surface area contributed by atoms with Crippen LogP contribution < -0.4 is 4.74 Å². The Hall–Kier alpha value is -4.00. The second-order valence-electron chi connectivity index (χ2n) is 8.03. The molecule has 6 nitrogen and oxygen atoms in total. The lowest BCUT2D eigenvalue weighted by Gasteiger charge is -2.32. The molecule has 0 saturated carbocycles. The summed E-state index contributed by atoms with van der Waals surface area (Å²) in [5, 5.41) is 5.70. The number of aromatic nitrogens is 3. The minimum Gasteiger partial charge on any atom is -0.454 e. The third kappa shape index (κ3) is 4.09. The van der Waals surface area contributed by atoms with E-state index in [1.165, 1.54) is 12.1 Å². The number of benzene rings is 2. The van der Waals surface area contributed by atoms with Crippen LogP contribution in [-0.2, 0) is 4.79 Å². The smallest absolute Gasteiger partial charge is 0.246 e. The Morgan fingerprint density at radius 1 is 1.18 bits per heavy atom. The van der Waals surface area contributed by atoms with Gasteiger partial charge in [0.05, 0.1) is 11.6 Å². The summed E-state index contributed by atoms with van der Waals surface area (Å²) >= 11 is 0. The van der Waals surface area contributed by atoms with Gasteiger partial charge in [0.25, 0.3) is 0 Å². The van der Waals surface area contributed by atoms with Gasteiger partial charge in [-0.3, -0.25) is 14.5 Å². The molecule has 1 fully saturated rings. The fraction of sp³-hybridized carbons (Fsp3) is 0.192. The van der Waals surface area contributed by atoms with Crippen LogP contribution in [0.2, 0.25) is 0 Å². The second kappa shape index (κ2) is 8.86. The largest absolute Gasteiger partial charge is 0.454 e. The topological polar surface area (TPSA) is 60.2 Å². The second-order valence-corrected chi connectivity index (χ2v) is 8.03. The Bertz CT molecular complexity index is 1320. The molecule has 1 aliphatic heterocycles. The van der Waals surface area contributed by atoms with Crippen molar-refractivity contribution < 1.29 is 13.9 Å². The Labute approximate surface area is 190 Å². The first kappa shape index (κ1) is 20.9. The molecule has 0 bridgehead atoms. The monoisotopic (exact) mass is 442 g/mol. The molecular formula is C26H23FN4O2. The number of amides is 1. The molecule has 0 aliphatic carbocycles. The molecule has 1 aliphatic rings. The van der Waals surface area contributed by atoms with Gasteiger partial charge in [0.1, 0.15) is 11.4 Å². The summed E-state index contributed by atoms with van der Waals surface area (Å²) in [6.45, 7) is 4.87. The van der Waals surface area contributed by atoms with Gasteiger partial charge >= 0.3 is 0 Å². The van der Waals surface area contributed by atoms with E-state index in [2.05, 4.69) is 11.6 Å². The molecule has 4 aromatic rings. The predicted molar refractivity (Wildman–Crippen MR) is 124 cm³/mol. The van der Waals surface area contributed by atoms with Gasteiger partial charge in [-0.1, -0.05) is 24.8 Å². The van der Waals surface area contributed by atoms with E-state index in [9.17, 15) is 9.18 Å². The van der Waals surface area contributed by atoms with Gasteiger partial charge in [0.15, 0.2) is 11.6 Å². The predicted octanol–water partition coefficient (Wildman–Crippen LogP) is 5.38. The number of carbonyl (C=O) groups is 1. The van der Waals surface area contributed by atoms with E-state index < -0.39 is 5.82 Å². The van der Waals surface area contributed by atoms with Crippen LogP contribution in [0.25, 0.3) is 22.2 Å². The lowest BCUT2D eigenvalue weighted by Crippen LogP contribution is -2.40. The molecule has 3 heterocycles. The van der Waals surface area contributed by atoms with Crippen LogP contribution in [0, 0.1) is 5.82 Å². The molecule has 7 heteroatoms. The van der Waals surface area contributed by atoms with Crippen LogP contribution in [0.5, 0.6) is 11.5 Å². The average molecular weight is 442 g/mol. The number of ether oxygens (including phenoxy) is 1. The highest BCUT2D eigenvalue weighted by atomic mass is 19.1. The fourth-order valence-corrected chi connectivity index (χ4v) is 4.31. The van der Waals surface area contributed by atoms with E-state index in [0.29, 0.717) is 30.1 Å². The first-order valence-electron chi connectivity index (χ1n) is 10.9.